The Labute approximate surface area is 279 Å². The standard InChI is InChI=1S/C33H36Br2N6O4/c34-27-18-22(19-28(35)31(27)43)17-24(32(44)40-15-13-38(14-16-40)25-5-9-36-10-6-25)20-30(42)39-11-7-26(8-12-39)41-21-23-3-1-2-4-29(23)37-33(41)45/h1-6,9-10,18-19,24,26,43H,7-8,11-17,20-21H2,(H,37,45). The maximum Gasteiger partial charge on any atom is 0.322 e. The second kappa shape index (κ2) is 13.8. The Hall–Kier alpha value is -3.64. The minimum absolute atomic E-state index is 0.0309. The van der Waals surface area contributed by atoms with Gasteiger partial charge in [-0.3, -0.25) is 14.6 Å². The van der Waals surface area contributed by atoms with E-state index in [1.807, 2.05) is 51.1 Å². The number of phenolic OH excluding ortho intramolecular Hbond substituents is 1. The first kappa shape index (κ1) is 31.3. The summed E-state index contributed by atoms with van der Waals surface area (Å²) in [7, 11) is 0. The topological polar surface area (TPSA) is 109 Å². The van der Waals surface area contributed by atoms with Gasteiger partial charge < -0.3 is 30.0 Å². The number of piperazine rings is 1. The molecule has 236 valence electrons. The fourth-order valence-corrected chi connectivity index (χ4v) is 7.83. The van der Waals surface area contributed by atoms with Gasteiger partial charge in [0.25, 0.3) is 0 Å². The summed E-state index contributed by atoms with van der Waals surface area (Å²) in [6.45, 7) is 4.18. The number of carbonyl (C=O) groups excluding carboxylic acids is 3. The molecule has 3 aliphatic heterocycles. The van der Waals surface area contributed by atoms with Crippen LogP contribution in [0.1, 0.15) is 30.4 Å². The van der Waals surface area contributed by atoms with E-state index in [4.69, 9.17) is 0 Å². The van der Waals surface area contributed by atoms with Crippen molar-refractivity contribution in [1.29, 1.82) is 0 Å². The van der Waals surface area contributed by atoms with E-state index in [1.165, 1.54) is 0 Å². The molecule has 12 heteroatoms. The Kier molecular flexibility index (Phi) is 9.60. The zero-order valence-corrected chi connectivity index (χ0v) is 28.0. The summed E-state index contributed by atoms with van der Waals surface area (Å²) < 4.78 is 1.06. The van der Waals surface area contributed by atoms with Crippen LogP contribution in [0.5, 0.6) is 5.75 Å². The highest BCUT2D eigenvalue weighted by Crippen LogP contribution is 2.35. The molecule has 0 aliphatic carbocycles. The molecule has 2 aromatic carbocycles. The van der Waals surface area contributed by atoms with E-state index in [0.717, 1.165) is 22.5 Å². The molecular weight excluding hydrogens is 704 g/mol. The van der Waals surface area contributed by atoms with Crippen molar-refractivity contribution in [1.82, 2.24) is 19.7 Å². The molecular formula is C33H36Br2N6O4. The predicted octanol–water partition coefficient (Wildman–Crippen LogP) is 5.25. The van der Waals surface area contributed by atoms with Crippen molar-refractivity contribution in [3.05, 3.63) is 81.0 Å². The molecule has 0 bridgehead atoms. The van der Waals surface area contributed by atoms with Crippen LogP contribution in [0, 0.1) is 5.92 Å². The molecule has 4 heterocycles. The third-order valence-corrected chi connectivity index (χ3v) is 10.3. The average molecular weight is 740 g/mol. The van der Waals surface area contributed by atoms with Gasteiger partial charge in [0, 0.05) is 82.0 Å². The normalized spacial score (nSPS) is 18.0. The molecule has 2 saturated heterocycles. The lowest BCUT2D eigenvalue weighted by Crippen LogP contribution is -2.52. The van der Waals surface area contributed by atoms with E-state index in [1.54, 1.807) is 24.5 Å². The number of hydrogen-bond donors (Lipinski definition) is 2. The molecule has 1 unspecified atom stereocenters. The highest BCUT2D eigenvalue weighted by molar-refractivity contribution is 9.11. The van der Waals surface area contributed by atoms with Crippen LogP contribution in [0.4, 0.5) is 16.2 Å². The molecule has 0 radical (unpaired) electrons. The number of benzene rings is 2. The number of likely N-dealkylation sites (tertiary alicyclic amines) is 1. The van der Waals surface area contributed by atoms with E-state index in [9.17, 15) is 19.5 Å². The SMILES string of the molecule is O=C(CC(Cc1cc(Br)c(O)c(Br)c1)C(=O)N1CCN(c2ccncc2)CC1)N1CCC(N2Cc3ccccc3NC2=O)CC1. The fraction of sp³-hybridized carbons (Fsp3) is 0.394. The number of hydrogen-bond acceptors (Lipinski definition) is 6. The summed E-state index contributed by atoms with van der Waals surface area (Å²) in [5.74, 6) is -0.529. The molecule has 3 aliphatic rings. The first-order valence-corrected chi connectivity index (χ1v) is 16.9. The molecule has 10 nitrogen and oxygen atoms in total. The Bertz CT molecular complexity index is 1530. The minimum Gasteiger partial charge on any atom is -0.506 e. The second-order valence-corrected chi connectivity index (χ2v) is 13.6. The van der Waals surface area contributed by atoms with Gasteiger partial charge in [-0.2, -0.15) is 0 Å². The summed E-state index contributed by atoms with van der Waals surface area (Å²) >= 11 is 6.80. The van der Waals surface area contributed by atoms with Gasteiger partial charge in [-0.1, -0.05) is 18.2 Å². The quantitative estimate of drug-likeness (QED) is 0.343. The number of urea groups is 1. The van der Waals surface area contributed by atoms with Gasteiger partial charge in [-0.25, -0.2) is 4.79 Å². The number of piperidine rings is 1. The van der Waals surface area contributed by atoms with Gasteiger partial charge in [0.15, 0.2) is 0 Å². The molecule has 2 N–H and O–H groups in total. The fourth-order valence-electron chi connectivity index (χ4n) is 6.55. The third-order valence-electron chi connectivity index (χ3n) is 9.07. The summed E-state index contributed by atoms with van der Waals surface area (Å²) in [5, 5.41) is 13.2. The highest BCUT2D eigenvalue weighted by atomic mass is 79.9. The van der Waals surface area contributed by atoms with Crippen LogP contribution in [0.25, 0.3) is 0 Å². The number of halogens is 2. The minimum atomic E-state index is -0.546. The number of phenols is 1. The summed E-state index contributed by atoms with van der Waals surface area (Å²) in [6, 6.07) is 15.3. The molecule has 6 rings (SSSR count). The van der Waals surface area contributed by atoms with Gasteiger partial charge in [-0.05, 0) is 92.6 Å². The number of aromatic hydroxyl groups is 1. The average Bonchev–Trinajstić information content (AvgIpc) is 3.06. The molecule has 45 heavy (non-hydrogen) atoms. The number of fused-ring (bicyclic) bond motifs is 1. The largest absolute Gasteiger partial charge is 0.506 e. The Morgan fingerprint density at radius 1 is 0.933 bits per heavy atom. The maximum atomic E-state index is 14.0. The van der Waals surface area contributed by atoms with Crippen molar-refractivity contribution < 1.29 is 19.5 Å². The van der Waals surface area contributed by atoms with E-state index < -0.39 is 5.92 Å². The Morgan fingerprint density at radius 2 is 1.60 bits per heavy atom. The van der Waals surface area contributed by atoms with Crippen LogP contribution in [0.2, 0.25) is 0 Å². The third kappa shape index (κ3) is 7.12. The van der Waals surface area contributed by atoms with Crippen LogP contribution in [-0.2, 0) is 22.6 Å². The number of amides is 4. The van der Waals surface area contributed by atoms with Gasteiger partial charge >= 0.3 is 6.03 Å². The number of pyridine rings is 1. The summed E-state index contributed by atoms with van der Waals surface area (Å²) in [5.41, 5.74) is 3.88. The van der Waals surface area contributed by atoms with Crippen molar-refractivity contribution >= 4 is 61.1 Å². The highest BCUT2D eigenvalue weighted by Gasteiger charge is 2.35. The maximum absolute atomic E-state index is 14.0. The van der Waals surface area contributed by atoms with Crippen LogP contribution < -0.4 is 10.2 Å². The smallest absolute Gasteiger partial charge is 0.322 e. The molecule has 3 aromatic rings. The number of rotatable bonds is 7. The Balaban J connectivity index is 1.11. The zero-order chi connectivity index (χ0) is 31.5. The lowest BCUT2D eigenvalue weighted by molar-refractivity contribution is -0.142. The number of para-hydroxylation sites is 1. The van der Waals surface area contributed by atoms with Crippen molar-refractivity contribution in [2.24, 2.45) is 5.92 Å². The molecule has 1 atom stereocenters. The van der Waals surface area contributed by atoms with Crippen LogP contribution in [0.15, 0.2) is 69.9 Å². The Morgan fingerprint density at radius 3 is 2.29 bits per heavy atom. The predicted molar refractivity (Wildman–Crippen MR) is 179 cm³/mol. The number of nitrogens with one attached hydrogen (secondary N) is 1. The van der Waals surface area contributed by atoms with Gasteiger partial charge in [-0.15, -0.1) is 0 Å². The summed E-state index contributed by atoms with van der Waals surface area (Å²) in [4.78, 5) is 52.5. The number of aromatic nitrogens is 1. The van der Waals surface area contributed by atoms with Crippen molar-refractivity contribution in [3.63, 3.8) is 0 Å². The monoisotopic (exact) mass is 738 g/mol. The molecule has 1 aromatic heterocycles. The first-order chi connectivity index (χ1) is 21.8. The van der Waals surface area contributed by atoms with Crippen LogP contribution in [0.3, 0.4) is 0 Å². The van der Waals surface area contributed by atoms with E-state index in [0.29, 0.717) is 74.0 Å². The van der Waals surface area contributed by atoms with Crippen molar-refractivity contribution in [2.45, 2.75) is 38.3 Å². The van der Waals surface area contributed by atoms with Crippen molar-refractivity contribution in [3.8, 4) is 5.75 Å². The van der Waals surface area contributed by atoms with E-state index >= 15 is 0 Å². The molecule has 0 spiro atoms. The van der Waals surface area contributed by atoms with Crippen molar-refractivity contribution in [2.75, 3.05) is 49.5 Å². The van der Waals surface area contributed by atoms with Crippen LogP contribution in [-0.4, -0.2) is 87.9 Å². The lowest BCUT2D eigenvalue weighted by Gasteiger charge is -2.41. The second-order valence-electron chi connectivity index (χ2n) is 11.9. The van der Waals surface area contributed by atoms with E-state index in [2.05, 4.69) is 47.1 Å². The number of nitrogens with zero attached hydrogens (tertiary/aromatic N) is 5. The first-order valence-electron chi connectivity index (χ1n) is 15.3. The van der Waals surface area contributed by atoms with Gasteiger partial charge in [0.1, 0.15) is 5.75 Å². The van der Waals surface area contributed by atoms with E-state index in [-0.39, 0.29) is 36.1 Å². The number of anilines is 2. The van der Waals surface area contributed by atoms with Gasteiger partial charge in [0.2, 0.25) is 11.8 Å². The zero-order valence-electron chi connectivity index (χ0n) is 24.9. The summed E-state index contributed by atoms with van der Waals surface area (Å²) in [6.07, 6.45) is 5.39. The molecule has 0 saturated carbocycles. The molecule has 4 amide bonds. The lowest BCUT2D eigenvalue weighted by atomic mass is 9.92. The molecule has 2 fully saturated rings. The number of carbonyl (C=O) groups is 3. The van der Waals surface area contributed by atoms with Gasteiger partial charge in [0.05, 0.1) is 14.9 Å². The van der Waals surface area contributed by atoms with Crippen LogP contribution >= 0.6 is 31.9 Å².